The van der Waals surface area contributed by atoms with Crippen LogP contribution in [0.15, 0.2) is 23.1 Å². The first-order chi connectivity index (χ1) is 10.4. The first-order valence-electron chi connectivity index (χ1n) is 6.71. The molecule has 22 heavy (non-hydrogen) atoms. The Hall–Kier alpha value is -0.680. The summed E-state index contributed by atoms with van der Waals surface area (Å²) in [6.07, 6.45) is 1.75. The summed E-state index contributed by atoms with van der Waals surface area (Å²) < 4.78 is 45.3. The van der Waals surface area contributed by atoms with Crippen molar-refractivity contribution in [2.24, 2.45) is 0 Å². The van der Waals surface area contributed by atoms with E-state index in [0.29, 0.717) is 28.2 Å². The van der Waals surface area contributed by atoms with Crippen LogP contribution < -0.4 is 5.32 Å². The highest BCUT2D eigenvalue weighted by Crippen LogP contribution is 2.41. The van der Waals surface area contributed by atoms with Gasteiger partial charge in [0, 0.05) is 19.3 Å². The molecule has 1 aliphatic rings. The topological polar surface area (TPSA) is 38.6 Å². The van der Waals surface area contributed by atoms with E-state index in [1.54, 1.807) is 16.6 Å². The molecule has 2 aromatic heterocycles. The molecular weight excluding hydrogens is 430 g/mol. The van der Waals surface area contributed by atoms with Gasteiger partial charge >= 0.3 is 5.51 Å². The van der Waals surface area contributed by atoms with Crippen molar-refractivity contribution in [2.45, 2.75) is 29.3 Å². The van der Waals surface area contributed by atoms with Crippen molar-refractivity contribution in [3.05, 3.63) is 21.9 Å². The van der Waals surface area contributed by atoms with Gasteiger partial charge in [0.05, 0.1) is 10.4 Å². The highest BCUT2D eigenvalue weighted by atomic mass is 127. The molecule has 4 nitrogen and oxygen atoms in total. The van der Waals surface area contributed by atoms with Gasteiger partial charge in [-0.25, -0.2) is 4.52 Å². The van der Waals surface area contributed by atoms with Crippen molar-refractivity contribution in [1.82, 2.24) is 9.61 Å². The van der Waals surface area contributed by atoms with Crippen LogP contribution in [0.4, 0.5) is 19.0 Å². The summed E-state index contributed by atoms with van der Waals surface area (Å²) in [4.78, 5) is 0.142. The van der Waals surface area contributed by atoms with Crippen molar-refractivity contribution < 1.29 is 17.9 Å². The third kappa shape index (κ3) is 3.62. The molecule has 0 amide bonds. The highest BCUT2D eigenvalue weighted by molar-refractivity contribution is 14.1. The molecule has 1 aliphatic heterocycles. The second kappa shape index (κ2) is 6.44. The number of rotatable bonds is 3. The lowest BCUT2D eigenvalue weighted by Gasteiger charge is -2.24. The number of halogens is 4. The summed E-state index contributed by atoms with van der Waals surface area (Å²) in [5.74, 6) is 0.705. The molecule has 3 heterocycles. The Kier molecular flexibility index (Phi) is 4.74. The molecule has 0 bridgehead atoms. The van der Waals surface area contributed by atoms with Gasteiger partial charge in [0.1, 0.15) is 9.52 Å². The predicted molar refractivity (Wildman–Crippen MR) is 87.3 cm³/mol. The molecule has 0 aliphatic carbocycles. The zero-order valence-corrected chi connectivity index (χ0v) is 14.3. The minimum atomic E-state index is -4.33. The van der Waals surface area contributed by atoms with Crippen molar-refractivity contribution >= 4 is 45.7 Å². The summed E-state index contributed by atoms with van der Waals surface area (Å²) in [6, 6.07) is 5.47. The second-order valence-corrected chi connectivity index (χ2v) is 7.00. The summed E-state index contributed by atoms with van der Waals surface area (Å²) in [5.41, 5.74) is -3.86. The van der Waals surface area contributed by atoms with Gasteiger partial charge in [0.2, 0.25) is 0 Å². The number of pyridine rings is 1. The van der Waals surface area contributed by atoms with E-state index in [9.17, 15) is 13.2 Å². The van der Waals surface area contributed by atoms with Crippen LogP contribution in [-0.2, 0) is 4.74 Å². The predicted octanol–water partition coefficient (Wildman–Crippen LogP) is 4.14. The van der Waals surface area contributed by atoms with E-state index in [1.165, 1.54) is 0 Å². The Morgan fingerprint density at radius 1 is 1.32 bits per heavy atom. The second-order valence-electron chi connectivity index (χ2n) is 4.91. The van der Waals surface area contributed by atoms with E-state index in [0.717, 1.165) is 12.8 Å². The quantitative estimate of drug-likeness (QED) is 0.572. The van der Waals surface area contributed by atoms with E-state index in [1.807, 2.05) is 28.7 Å². The Morgan fingerprint density at radius 2 is 2.05 bits per heavy atom. The number of fused-ring (bicyclic) bond motifs is 1. The van der Waals surface area contributed by atoms with Gasteiger partial charge in [-0.05, 0) is 59.3 Å². The van der Waals surface area contributed by atoms with Crippen molar-refractivity contribution in [3.8, 4) is 0 Å². The molecule has 120 valence electrons. The van der Waals surface area contributed by atoms with Crippen LogP contribution in [0.5, 0.6) is 0 Å². The fourth-order valence-corrected chi connectivity index (χ4v) is 3.83. The van der Waals surface area contributed by atoms with E-state index < -0.39 is 5.51 Å². The fraction of sp³-hybridized carbons (Fsp3) is 0.462. The number of alkyl halides is 3. The van der Waals surface area contributed by atoms with E-state index in [-0.39, 0.29) is 22.7 Å². The average molecular weight is 443 g/mol. The minimum Gasteiger partial charge on any atom is -0.381 e. The van der Waals surface area contributed by atoms with Gasteiger partial charge in [0.15, 0.2) is 0 Å². The van der Waals surface area contributed by atoms with Crippen LogP contribution in [-0.4, -0.2) is 34.4 Å². The molecule has 0 unspecified atom stereocenters. The smallest absolute Gasteiger partial charge is 0.381 e. The molecule has 0 saturated carbocycles. The molecular formula is C13H13F3IN3OS. The van der Waals surface area contributed by atoms with Crippen molar-refractivity contribution in [3.63, 3.8) is 0 Å². The molecule has 9 heteroatoms. The van der Waals surface area contributed by atoms with Crippen molar-refractivity contribution in [1.29, 1.82) is 0 Å². The molecule has 0 aromatic carbocycles. The maximum Gasteiger partial charge on any atom is 0.446 e. The minimum absolute atomic E-state index is 0.120. The van der Waals surface area contributed by atoms with Crippen molar-refractivity contribution in [2.75, 3.05) is 18.5 Å². The highest BCUT2D eigenvalue weighted by Gasteiger charge is 2.32. The Balaban J connectivity index is 1.93. The molecule has 0 atom stereocenters. The molecule has 1 N–H and O–H groups in total. The lowest BCUT2D eigenvalue weighted by atomic mass is 10.1. The van der Waals surface area contributed by atoms with Crippen LogP contribution in [0.3, 0.4) is 0 Å². The van der Waals surface area contributed by atoms with Crippen LogP contribution in [0.2, 0.25) is 0 Å². The lowest BCUT2D eigenvalue weighted by molar-refractivity contribution is -0.0328. The summed E-state index contributed by atoms with van der Waals surface area (Å²) in [7, 11) is 0. The fourth-order valence-electron chi connectivity index (χ4n) is 2.39. The molecule has 2 aromatic rings. The molecule has 0 spiro atoms. The van der Waals surface area contributed by atoms with Gasteiger partial charge in [0.25, 0.3) is 0 Å². The van der Waals surface area contributed by atoms with Gasteiger partial charge in [-0.2, -0.15) is 18.3 Å². The largest absolute Gasteiger partial charge is 0.446 e. The number of nitrogens with zero attached hydrogens (tertiary/aromatic N) is 2. The third-order valence-corrected chi connectivity index (χ3v) is 5.32. The van der Waals surface area contributed by atoms with Gasteiger partial charge < -0.3 is 10.1 Å². The molecule has 1 fully saturated rings. The number of hydrogen-bond acceptors (Lipinski definition) is 4. The third-order valence-electron chi connectivity index (χ3n) is 3.36. The Labute approximate surface area is 142 Å². The van der Waals surface area contributed by atoms with E-state index >= 15 is 0 Å². The molecule has 1 saturated heterocycles. The number of anilines is 1. The maximum atomic E-state index is 12.7. The van der Waals surface area contributed by atoms with Crippen LogP contribution in [0.1, 0.15) is 12.8 Å². The van der Waals surface area contributed by atoms with Crippen LogP contribution >= 0.6 is 34.4 Å². The monoisotopic (exact) mass is 443 g/mol. The van der Waals surface area contributed by atoms with Gasteiger partial charge in [-0.1, -0.05) is 6.07 Å². The van der Waals surface area contributed by atoms with Crippen LogP contribution in [0.25, 0.3) is 5.52 Å². The first kappa shape index (κ1) is 16.2. The first-order valence-corrected chi connectivity index (χ1v) is 8.61. The Morgan fingerprint density at radius 3 is 2.73 bits per heavy atom. The average Bonchev–Trinajstić information content (AvgIpc) is 2.76. The standard InChI is InChI=1S/C13H13F3IN3OS/c14-13(15,16)22-11-9-2-1-3-10(20(9)19-12(11)17)18-8-4-6-21-7-5-8/h1-3,8,18H,4-7H2. The SMILES string of the molecule is FC(F)(F)Sc1c(I)nn2c(NC3CCOCC3)cccc12. The number of aromatic nitrogens is 2. The molecule has 0 radical (unpaired) electrons. The zero-order chi connectivity index (χ0) is 15.7. The number of ether oxygens (including phenoxy) is 1. The Bertz CT molecular complexity index is 670. The van der Waals surface area contributed by atoms with Gasteiger partial charge in [-0.15, -0.1) is 0 Å². The zero-order valence-electron chi connectivity index (χ0n) is 11.4. The van der Waals surface area contributed by atoms with E-state index in [4.69, 9.17) is 4.74 Å². The normalized spacial score (nSPS) is 17.1. The summed E-state index contributed by atoms with van der Waals surface area (Å²) in [5, 5.41) is 7.61. The summed E-state index contributed by atoms with van der Waals surface area (Å²) in [6.45, 7) is 1.39. The maximum absolute atomic E-state index is 12.7. The number of thioether (sulfide) groups is 1. The summed E-state index contributed by atoms with van der Waals surface area (Å²) >= 11 is 1.72. The lowest BCUT2D eigenvalue weighted by Crippen LogP contribution is -2.28. The van der Waals surface area contributed by atoms with E-state index in [2.05, 4.69) is 10.4 Å². The number of hydrogen-bond donors (Lipinski definition) is 1. The number of nitrogens with one attached hydrogen (secondary N) is 1. The molecule has 3 rings (SSSR count). The van der Waals surface area contributed by atoms with Crippen LogP contribution in [0, 0.1) is 3.70 Å². The van der Waals surface area contributed by atoms with Gasteiger partial charge in [-0.3, -0.25) is 0 Å².